The van der Waals surface area contributed by atoms with Gasteiger partial charge in [-0.3, -0.25) is 0 Å². The number of aromatic nitrogens is 4. The zero-order valence-electron chi connectivity index (χ0n) is 10.7. The first-order valence-corrected chi connectivity index (χ1v) is 6.29. The van der Waals surface area contributed by atoms with E-state index in [1.54, 1.807) is 0 Å². The van der Waals surface area contributed by atoms with Gasteiger partial charge in [0.15, 0.2) is 5.82 Å². The average molecular weight is 243 g/mol. The number of nitrogens with two attached hydrogens (primary N) is 1. The molecular formula is C13H17N5. The minimum atomic E-state index is 0.447. The van der Waals surface area contributed by atoms with Gasteiger partial charge in [-0.15, -0.1) is 5.10 Å². The van der Waals surface area contributed by atoms with E-state index in [-0.39, 0.29) is 0 Å². The van der Waals surface area contributed by atoms with Crippen LogP contribution in [0.25, 0.3) is 11.4 Å². The molecule has 94 valence electrons. The van der Waals surface area contributed by atoms with Crippen LogP contribution in [0.5, 0.6) is 0 Å². The number of aryl methyl sites for hydroxylation is 1. The minimum absolute atomic E-state index is 0.447. The maximum absolute atomic E-state index is 5.84. The summed E-state index contributed by atoms with van der Waals surface area (Å²) in [5.74, 6) is 1.62. The molecule has 1 heterocycles. The molecule has 1 fully saturated rings. The van der Waals surface area contributed by atoms with E-state index in [9.17, 15) is 0 Å². The molecule has 2 N–H and O–H groups in total. The Morgan fingerprint density at radius 3 is 2.78 bits per heavy atom. The molecule has 5 nitrogen and oxygen atoms in total. The van der Waals surface area contributed by atoms with Crippen molar-refractivity contribution >= 4 is 5.69 Å². The first kappa shape index (κ1) is 11.2. The standard InChI is InChI=1S/C13H17N5/c1-8-5-11(6-8)18-13(15-16-17-18)10-3-4-12(14)9(2)7-10/h3-4,7-8,11H,5-6,14H2,1-2H3. The van der Waals surface area contributed by atoms with Gasteiger partial charge in [-0.05, 0) is 59.9 Å². The third-order valence-corrected chi connectivity index (χ3v) is 3.72. The summed E-state index contributed by atoms with van der Waals surface area (Å²) in [6.07, 6.45) is 2.32. The van der Waals surface area contributed by atoms with Gasteiger partial charge in [-0.2, -0.15) is 0 Å². The van der Waals surface area contributed by atoms with Crippen LogP contribution in [0, 0.1) is 12.8 Å². The van der Waals surface area contributed by atoms with Crippen molar-refractivity contribution in [2.45, 2.75) is 32.7 Å². The van der Waals surface area contributed by atoms with Crippen LogP contribution in [0.4, 0.5) is 5.69 Å². The Kier molecular flexibility index (Phi) is 2.54. The third kappa shape index (κ3) is 1.75. The van der Waals surface area contributed by atoms with E-state index in [1.165, 1.54) is 0 Å². The highest BCUT2D eigenvalue weighted by molar-refractivity contribution is 5.61. The number of hydrogen-bond donors (Lipinski definition) is 1. The molecule has 0 spiro atoms. The van der Waals surface area contributed by atoms with Gasteiger partial charge < -0.3 is 5.73 Å². The van der Waals surface area contributed by atoms with E-state index in [0.717, 1.165) is 41.4 Å². The van der Waals surface area contributed by atoms with E-state index in [1.807, 2.05) is 29.8 Å². The fourth-order valence-corrected chi connectivity index (χ4v) is 2.50. The molecule has 0 bridgehead atoms. The van der Waals surface area contributed by atoms with E-state index >= 15 is 0 Å². The molecule has 18 heavy (non-hydrogen) atoms. The monoisotopic (exact) mass is 243 g/mol. The van der Waals surface area contributed by atoms with Gasteiger partial charge in [0.25, 0.3) is 0 Å². The fraction of sp³-hybridized carbons (Fsp3) is 0.462. The van der Waals surface area contributed by atoms with Crippen LogP contribution in [0.3, 0.4) is 0 Å². The quantitative estimate of drug-likeness (QED) is 0.821. The van der Waals surface area contributed by atoms with Crippen molar-refractivity contribution in [2.24, 2.45) is 5.92 Å². The number of tetrazole rings is 1. The maximum Gasteiger partial charge on any atom is 0.182 e. The number of hydrogen-bond acceptors (Lipinski definition) is 4. The minimum Gasteiger partial charge on any atom is -0.399 e. The summed E-state index contributed by atoms with van der Waals surface area (Å²) in [5, 5.41) is 12.1. The van der Waals surface area contributed by atoms with Crippen molar-refractivity contribution in [3.8, 4) is 11.4 Å². The van der Waals surface area contributed by atoms with Crippen LogP contribution in [-0.2, 0) is 0 Å². The van der Waals surface area contributed by atoms with Crippen LogP contribution >= 0.6 is 0 Å². The number of nitrogen functional groups attached to an aromatic ring is 1. The molecule has 0 saturated heterocycles. The summed E-state index contributed by atoms with van der Waals surface area (Å²) in [4.78, 5) is 0. The number of anilines is 1. The lowest BCUT2D eigenvalue weighted by Crippen LogP contribution is -2.26. The molecule has 0 amide bonds. The Bertz CT molecular complexity index is 569. The van der Waals surface area contributed by atoms with Crippen molar-refractivity contribution in [3.05, 3.63) is 23.8 Å². The second-order valence-electron chi connectivity index (χ2n) is 5.25. The van der Waals surface area contributed by atoms with Gasteiger partial charge in [0.2, 0.25) is 0 Å². The van der Waals surface area contributed by atoms with Crippen molar-refractivity contribution in [1.82, 2.24) is 20.2 Å². The van der Waals surface area contributed by atoms with Gasteiger partial charge in [0.05, 0.1) is 6.04 Å². The Hall–Kier alpha value is -1.91. The molecule has 0 atom stereocenters. The van der Waals surface area contributed by atoms with Crippen LogP contribution in [-0.4, -0.2) is 20.2 Å². The SMILES string of the molecule is Cc1cc(-c2nnnn2C2CC(C)C2)ccc1N. The molecule has 5 heteroatoms. The number of nitrogens with zero attached hydrogens (tertiary/aromatic N) is 4. The zero-order chi connectivity index (χ0) is 12.7. The highest BCUT2D eigenvalue weighted by atomic mass is 15.6. The molecule has 1 aliphatic carbocycles. The smallest absolute Gasteiger partial charge is 0.182 e. The Balaban J connectivity index is 1.96. The molecule has 1 aliphatic rings. The van der Waals surface area contributed by atoms with E-state index < -0.39 is 0 Å². The molecule has 3 rings (SSSR count). The van der Waals surface area contributed by atoms with Gasteiger partial charge in [0.1, 0.15) is 0 Å². The lowest BCUT2D eigenvalue weighted by molar-refractivity contribution is 0.199. The summed E-state index contributed by atoms with van der Waals surface area (Å²) >= 11 is 0. The predicted molar refractivity (Wildman–Crippen MR) is 69.8 cm³/mol. The molecule has 1 aromatic carbocycles. The Labute approximate surface area is 106 Å². The van der Waals surface area contributed by atoms with Crippen LogP contribution < -0.4 is 5.73 Å². The summed E-state index contributed by atoms with van der Waals surface area (Å²) in [7, 11) is 0. The number of benzene rings is 1. The number of rotatable bonds is 2. The fourth-order valence-electron chi connectivity index (χ4n) is 2.50. The lowest BCUT2D eigenvalue weighted by atomic mass is 9.82. The highest BCUT2D eigenvalue weighted by Gasteiger charge is 2.30. The largest absolute Gasteiger partial charge is 0.399 e. The predicted octanol–water partition coefficient (Wildman–Crippen LogP) is 2.20. The third-order valence-electron chi connectivity index (χ3n) is 3.72. The second kappa shape index (κ2) is 4.08. The summed E-state index contributed by atoms with van der Waals surface area (Å²) in [5.41, 5.74) is 8.73. The second-order valence-corrected chi connectivity index (χ2v) is 5.25. The topological polar surface area (TPSA) is 69.6 Å². The van der Waals surface area contributed by atoms with Crippen LogP contribution in [0.1, 0.15) is 31.4 Å². The molecule has 0 radical (unpaired) electrons. The van der Waals surface area contributed by atoms with Crippen molar-refractivity contribution in [1.29, 1.82) is 0 Å². The van der Waals surface area contributed by atoms with Crippen LogP contribution in [0.15, 0.2) is 18.2 Å². The molecular weight excluding hydrogens is 226 g/mol. The normalized spacial score (nSPS) is 22.8. The van der Waals surface area contributed by atoms with Crippen molar-refractivity contribution in [3.63, 3.8) is 0 Å². The highest BCUT2D eigenvalue weighted by Crippen LogP contribution is 2.38. The van der Waals surface area contributed by atoms with Gasteiger partial charge >= 0.3 is 0 Å². The first-order valence-electron chi connectivity index (χ1n) is 6.29. The summed E-state index contributed by atoms with van der Waals surface area (Å²) < 4.78 is 1.95. The van der Waals surface area contributed by atoms with E-state index in [2.05, 4.69) is 22.4 Å². The van der Waals surface area contributed by atoms with E-state index in [4.69, 9.17) is 5.73 Å². The maximum atomic E-state index is 5.84. The van der Waals surface area contributed by atoms with E-state index in [0.29, 0.717) is 6.04 Å². The van der Waals surface area contributed by atoms with Crippen LogP contribution in [0.2, 0.25) is 0 Å². The lowest BCUT2D eigenvalue weighted by Gasteiger charge is -2.32. The molecule has 0 aliphatic heterocycles. The zero-order valence-corrected chi connectivity index (χ0v) is 10.7. The van der Waals surface area contributed by atoms with Gasteiger partial charge in [-0.25, -0.2) is 4.68 Å². The Morgan fingerprint density at radius 2 is 2.11 bits per heavy atom. The molecule has 0 unspecified atom stereocenters. The Morgan fingerprint density at radius 1 is 1.33 bits per heavy atom. The summed E-state index contributed by atoms with van der Waals surface area (Å²) in [6.45, 7) is 4.26. The molecule has 2 aromatic rings. The van der Waals surface area contributed by atoms with Gasteiger partial charge in [-0.1, -0.05) is 6.92 Å². The first-order chi connectivity index (χ1) is 8.65. The van der Waals surface area contributed by atoms with Crippen molar-refractivity contribution in [2.75, 3.05) is 5.73 Å². The summed E-state index contributed by atoms with van der Waals surface area (Å²) in [6, 6.07) is 6.38. The molecule has 1 saturated carbocycles. The average Bonchev–Trinajstić information content (AvgIpc) is 2.77. The molecule has 1 aromatic heterocycles. The van der Waals surface area contributed by atoms with Crippen molar-refractivity contribution < 1.29 is 0 Å². The van der Waals surface area contributed by atoms with Gasteiger partial charge in [0, 0.05) is 11.3 Å².